The van der Waals surface area contributed by atoms with Crippen molar-refractivity contribution in [2.75, 3.05) is 32.7 Å². The number of rotatable bonds is 4. The summed E-state index contributed by atoms with van der Waals surface area (Å²) in [5.74, 6) is -0.318. The Kier molecular flexibility index (Phi) is 6.78. The molecule has 28 heavy (non-hydrogen) atoms. The van der Waals surface area contributed by atoms with Crippen molar-refractivity contribution >= 4 is 15.9 Å². The van der Waals surface area contributed by atoms with E-state index in [1.807, 2.05) is 0 Å². The van der Waals surface area contributed by atoms with Crippen molar-refractivity contribution in [3.8, 4) is 0 Å². The fourth-order valence-corrected chi connectivity index (χ4v) is 4.43. The lowest BCUT2D eigenvalue weighted by Crippen LogP contribution is -2.40. The number of sulfonamides is 1. The number of hydrogen-bond donors (Lipinski definition) is 1. The molecule has 0 bridgehead atoms. The van der Waals surface area contributed by atoms with E-state index < -0.39 is 28.3 Å². The summed E-state index contributed by atoms with van der Waals surface area (Å²) < 4.78 is 64.8. The molecule has 0 spiro atoms. The second kappa shape index (κ2) is 8.38. The average molecular weight is 421 g/mol. The Hall–Kier alpha value is -1.65. The second-order valence-corrected chi connectivity index (χ2v) is 9.60. The summed E-state index contributed by atoms with van der Waals surface area (Å²) in [7, 11) is -3.70. The number of benzene rings is 1. The molecule has 1 saturated heterocycles. The van der Waals surface area contributed by atoms with E-state index in [9.17, 15) is 26.4 Å². The molecule has 1 aromatic carbocycles. The van der Waals surface area contributed by atoms with Crippen LogP contribution in [0, 0.1) is 0 Å². The topological polar surface area (TPSA) is 69.7 Å². The summed E-state index contributed by atoms with van der Waals surface area (Å²) in [6, 6.07) is 5.57. The van der Waals surface area contributed by atoms with Gasteiger partial charge in [-0.2, -0.15) is 13.2 Å². The molecule has 2 rings (SSSR count). The van der Waals surface area contributed by atoms with E-state index in [-0.39, 0.29) is 30.4 Å². The second-order valence-electron chi connectivity index (χ2n) is 7.92. The number of carbonyl (C=O) groups excluding carboxylic acids is 1. The van der Waals surface area contributed by atoms with Gasteiger partial charge in [-0.1, -0.05) is 0 Å². The van der Waals surface area contributed by atoms with Crippen LogP contribution in [0.4, 0.5) is 13.2 Å². The van der Waals surface area contributed by atoms with Crippen LogP contribution < -0.4 is 4.72 Å². The zero-order valence-corrected chi connectivity index (χ0v) is 17.0. The fourth-order valence-electron chi connectivity index (χ4n) is 3.01. The third kappa shape index (κ3) is 6.75. The van der Waals surface area contributed by atoms with Gasteiger partial charge in [0.25, 0.3) is 5.91 Å². The smallest absolute Gasteiger partial charge is 0.337 e. The molecule has 1 amide bonds. The van der Waals surface area contributed by atoms with E-state index in [0.29, 0.717) is 18.5 Å². The van der Waals surface area contributed by atoms with Gasteiger partial charge < -0.3 is 4.90 Å². The van der Waals surface area contributed by atoms with Gasteiger partial charge in [-0.3, -0.25) is 9.69 Å². The van der Waals surface area contributed by atoms with Crippen LogP contribution in [-0.2, 0) is 10.0 Å². The van der Waals surface area contributed by atoms with Crippen LogP contribution in [0.2, 0.25) is 0 Å². The Morgan fingerprint density at radius 1 is 1.04 bits per heavy atom. The third-order valence-corrected chi connectivity index (χ3v) is 5.90. The lowest BCUT2D eigenvalue weighted by Gasteiger charge is -2.23. The maximum Gasteiger partial charge on any atom is 0.401 e. The van der Waals surface area contributed by atoms with Gasteiger partial charge in [0, 0.05) is 37.3 Å². The minimum atomic E-state index is -4.26. The van der Waals surface area contributed by atoms with Gasteiger partial charge >= 0.3 is 6.18 Å². The Morgan fingerprint density at radius 2 is 1.64 bits per heavy atom. The van der Waals surface area contributed by atoms with Gasteiger partial charge in [0.15, 0.2) is 0 Å². The zero-order chi connectivity index (χ0) is 21.2. The van der Waals surface area contributed by atoms with Gasteiger partial charge in [-0.25, -0.2) is 13.1 Å². The van der Waals surface area contributed by atoms with E-state index in [2.05, 4.69) is 4.72 Å². The van der Waals surface area contributed by atoms with Crippen molar-refractivity contribution in [3.63, 3.8) is 0 Å². The molecule has 6 nitrogen and oxygen atoms in total. The van der Waals surface area contributed by atoms with E-state index >= 15 is 0 Å². The Bertz CT molecular complexity index is 787. The van der Waals surface area contributed by atoms with Crippen molar-refractivity contribution in [2.45, 2.75) is 43.8 Å². The first kappa shape index (κ1) is 22.6. The first-order valence-electron chi connectivity index (χ1n) is 8.99. The number of hydrogen-bond acceptors (Lipinski definition) is 4. The van der Waals surface area contributed by atoms with Crippen LogP contribution >= 0.6 is 0 Å². The number of nitrogens with one attached hydrogen (secondary N) is 1. The molecule has 1 aliphatic rings. The SMILES string of the molecule is CC(C)(C)NS(=O)(=O)c1ccc(C(=O)N2CCCN(CC(F)(F)F)CC2)cc1. The minimum absolute atomic E-state index is 0.0474. The number of amides is 1. The molecule has 0 saturated carbocycles. The van der Waals surface area contributed by atoms with Gasteiger partial charge in [-0.15, -0.1) is 0 Å². The summed E-state index contributed by atoms with van der Waals surface area (Å²) in [5, 5.41) is 0. The highest BCUT2D eigenvalue weighted by molar-refractivity contribution is 7.89. The molecule has 1 heterocycles. The quantitative estimate of drug-likeness (QED) is 0.811. The highest BCUT2D eigenvalue weighted by Crippen LogP contribution is 2.19. The van der Waals surface area contributed by atoms with Gasteiger partial charge in [0.1, 0.15) is 0 Å². The molecular formula is C18H26F3N3O3S. The van der Waals surface area contributed by atoms with Crippen LogP contribution in [0.1, 0.15) is 37.6 Å². The summed E-state index contributed by atoms with van der Waals surface area (Å²) in [4.78, 5) is 15.5. The van der Waals surface area contributed by atoms with Crippen molar-refractivity contribution in [3.05, 3.63) is 29.8 Å². The molecule has 158 valence electrons. The monoisotopic (exact) mass is 421 g/mol. The number of halogens is 3. The molecule has 1 fully saturated rings. The standard InChI is InChI=1S/C18H26F3N3O3S/c1-17(2,3)22-28(26,27)15-7-5-14(6-8-15)16(25)24-10-4-9-23(11-12-24)13-18(19,20)21/h5-8,22H,4,9-13H2,1-3H3. The van der Waals surface area contributed by atoms with Crippen molar-refractivity contribution in [1.29, 1.82) is 0 Å². The van der Waals surface area contributed by atoms with E-state index in [1.54, 1.807) is 20.8 Å². The van der Waals surface area contributed by atoms with Crippen LogP contribution in [0.15, 0.2) is 29.2 Å². The Balaban J connectivity index is 2.05. The van der Waals surface area contributed by atoms with Gasteiger partial charge in [0.05, 0.1) is 11.4 Å². The molecule has 0 aromatic heterocycles. The lowest BCUT2D eigenvalue weighted by atomic mass is 10.1. The van der Waals surface area contributed by atoms with Gasteiger partial charge in [0.2, 0.25) is 10.0 Å². The summed E-state index contributed by atoms with van der Waals surface area (Å²) >= 11 is 0. The van der Waals surface area contributed by atoms with Crippen molar-refractivity contribution in [2.24, 2.45) is 0 Å². The molecule has 1 N–H and O–H groups in total. The first-order valence-corrected chi connectivity index (χ1v) is 10.5. The maximum atomic E-state index is 12.7. The molecule has 0 aliphatic carbocycles. The molecule has 10 heteroatoms. The molecule has 1 aromatic rings. The number of alkyl halides is 3. The number of nitrogens with zero attached hydrogens (tertiary/aromatic N) is 2. The summed E-state index contributed by atoms with van der Waals surface area (Å²) in [6.45, 7) is 5.17. The predicted molar refractivity (Wildman–Crippen MR) is 99.5 cm³/mol. The normalized spacial score (nSPS) is 17.4. The fraction of sp³-hybridized carbons (Fsp3) is 0.611. The van der Waals surface area contributed by atoms with E-state index in [4.69, 9.17) is 0 Å². The highest BCUT2D eigenvalue weighted by atomic mass is 32.2. The van der Waals surface area contributed by atoms with Crippen molar-refractivity contribution in [1.82, 2.24) is 14.5 Å². The predicted octanol–water partition coefficient (Wildman–Crippen LogP) is 2.47. The van der Waals surface area contributed by atoms with E-state index in [0.717, 1.165) is 0 Å². The Morgan fingerprint density at radius 3 is 2.18 bits per heavy atom. The lowest BCUT2D eigenvalue weighted by molar-refractivity contribution is -0.145. The van der Waals surface area contributed by atoms with Crippen molar-refractivity contribution < 1.29 is 26.4 Å². The molecule has 0 radical (unpaired) electrons. The zero-order valence-electron chi connectivity index (χ0n) is 16.2. The molecule has 0 unspecified atom stereocenters. The average Bonchev–Trinajstić information content (AvgIpc) is 2.76. The maximum absolute atomic E-state index is 12.7. The summed E-state index contributed by atoms with van der Waals surface area (Å²) in [6.07, 6.45) is -3.81. The molecule has 1 aliphatic heterocycles. The van der Waals surface area contributed by atoms with Crippen LogP contribution in [-0.4, -0.2) is 68.6 Å². The highest BCUT2D eigenvalue weighted by Gasteiger charge is 2.32. The largest absolute Gasteiger partial charge is 0.401 e. The molecule has 0 atom stereocenters. The van der Waals surface area contributed by atoms with Gasteiger partial charge in [-0.05, 0) is 51.5 Å². The van der Waals surface area contributed by atoms with Crippen LogP contribution in [0.5, 0.6) is 0 Å². The number of carbonyl (C=O) groups is 1. The van der Waals surface area contributed by atoms with Crippen LogP contribution in [0.25, 0.3) is 0 Å². The minimum Gasteiger partial charge on any atom is -0.337 e. The molecular weight excluding hydrogens is 395 g/mol. The van der Waals surface area contributed by atoms with Crippen LogP contribution in [0.3, 0.4) is 0 Å². The summed E-state index contributed by atoms with van der Waals surface area (Å²) in [5.41, 5.74) is -0.333. The third-order valence-electron chi connectivity index (χ3n) is 4.13. The Labute approximate surface area is 163 Å². The van der Waals surface area contributed by atoms with E-state index in [1.165, 1.54) is 34.1 Å². The first-order chi connectivity index (χ1) is 12.8.